The third-order valence-corrected chi connectivity index (χ3v) is 5.97. The third kappa shape index (κ3) is 3.15. The highest BCUT2D eigenvalue weighted by Gasteiger charge is 2.42. The van der Waals surface area contributed by atoms with Crippen LogP contribution in [0.3, 0.4) is 0 Å². The first-order chi connectivity index (χ1) is 15.1. The summed E-state index contributed by atoms with van der Waals surface area (Å²) in [5.41, 5.74) is 4.65. The van der Waals surface area contributed by atoms with Crippen LogP contribution in [0.25, 0.3) is 0 Å². The van der Waals surface area contributed by atoms with E-state index in [1.54, 1.807) is 26.4 Å². The number of phenols is 1. The molecule has 0 saturated heterocycles. The molecule has 2 aliphatic rings. The van der Waals surface area contributed by atoms with Gasteiger partial charge in [0.1, 0.15) is 11.5 Å². The van der Waals surface area contributed by atoms with Crippen molar-refractivity contribution in [3.05, 3.63) is 82.9 Å². The summed E-state index contributed by atoms with van der Waals surface area (Å²) in [7, 11) is 3.26. The molecular formula is C25H24N2O4. The summed E-state index contributed by atoms with van der Waals surface area (Å²) in [5.74, 6) is 2.30. The molecule has 0 aromatic heterocycles. The van der Waals surface area contributed by atoms with Gasteiger partial charge in [0.05, 0.1) is 26.0 Å². The number of methoxy groups -OCH3 is 2. The van der Waals surface area contributed by atoms with Crippen molar-refractivity contribution in [1.82, 2.24) is 5.01 Å². The number of hydrogen-bond acceptors (Lipinski definition) is 6. The first kappa shape index (κ1) is 19.3. The number of hydrazone groups is 1. The van der Waals surface area contributed by atoms with Crippen LogP contribution in [0.2, 0.25) is 0 Å². The Kier molecular flexibility index (Phi) is 4.70. The fourth-order valence-electron chi connectivity index (χ4n) is 4.35. The van der Waals surface area contributed by atoms with Crippen LogP contribution in [0, 0.1) is 6.92 Å². The molecule has 3 aromatic carbocycles. The Bertz CT molecular complexity index is 1170. The quantitative estimate of drug-likeness (QED) is 0.651. The van der Waals surface area contributed by atoms with E-state index in [-0.39, 0.29) is 11.8 Å². The Labute approximate surface area is 181 Å². The van der Waals surface area contributed by atoms with Gasteiger partial charge in [-0.05, 0) is 36.8 Å². The number of fused-ring (bicyclic) bond motifs is 3. The lowest BCUT2D eigenvalue weighted by molar-refractivity contribution is -0.0212. The Hall–Kier alpha value is -3.67. The van der Waals surface area contributed by atoms with E-state index in [4.69, 9.17) is 19.3 Å². The van der Waals surface area contributed by atoms with Gasteiger partial charge in [0.15, 0.2) is 11.5 Å². The van der Waals surface area contributed by atoms with Gasteiger partial charge in [0.2, 0.25) is 6.23 Å². The third-order valence-electron chi connectivity index (χ3n) is 5.97. The van der Waals surface area contributed by atoms with Crippen molar-refractivity contribution in [2.24, 2.45) is 5.10 Å². The number of hydrogen-bond donors (Lipinski definition) is 1. The molecule has 0 fully saturated rings. The molecule has 3 aromatic rings. The van der Waals surface area contributed by atoms with E-state index in [0.717, 1.165) is 28.2 Å². The summed E-state index contributed by atoms with van der Waals surface area (Å²) < 4.78 is 17.5. The lowest BCUT2D eigenvalue weighted by atomic mass is 9.94. The molecule has 0 aliphatic carbocycles. The number of rotatable bonds is 4. The van der Waals surface area contributed by atoms with Gasteiger partial charge in [-0.15, -0.1) is 0 Å². The summed E-state index contributed by atoms with van der Waals surface area (Å²) in [6.45, 7) is 2.07. The summed E-state index contributed by atoms with van der Waals surface area (Å²) in [6, 6.07) is 19.2. The van der Waals surface area contributed by atoms with Crippen LogP contribution in [0.5, 0.6) is 23.0 Å². The second-order valence-corrected chi connectivity index (χ2v) is 7.74. The zero-order chi connectivity index (χ0) is 21.5. The molecule has 1 N–H and O–H groups in total. The Morgan fingerprint density at radius 2 is 1.81 bits per heavy atom. The van der Waals surface area contributed by atoms with E-state index in [2.05, 4.69) is 19.1 Å². The van der Waals surface area contributed by atoms with Crippen molar-refractivity contribution in [2.45, 2.75) is 25.6 Å². The number of para-hydroxylation sites is 1. The van der Waals surface area contributed by atoms with E-state index in [1.807, 2.05) is 41.4 Å². The van der Waals surface area contributed by atoms with E-state index >= 15 is 0 Å². The number of benzene rings is 3. The van der Waals surface area contributed by atoms with Gasteiger partial charge < -0.3 is 19.3 Å². The zero-order valence-corrected chi connectivity index (χ0v) is 17.7. The predicted octanol–water partition coefficient (Wildman–Crippen LogP) is 4.96. The summed E-state index contributed by atoms with van der Waals surface area (Å²) in [4.78, 5) is 0. The lowest BCUT2D eigenvalue weighted by Gasteiger charge is -2.39. The predicted molar refractivity (Wildman–Crippen MR) is 118 cm³/mol. The van der Waals surface area contributed by atoms with Gasteiger partial charge in [-0.3, -0.25) is 0 Å². The molecule has 0 amide bonds. The van der Waals surface area contributed by atoms with Crippen molar-refractivity contribution >= 4 is 5.71 Å². The molecule has 0 saturated carbocycles. The Morgan fingerprint density at radius 1 is 1.00 bits per heavy atom. The normalized spacial score (nSPS) is 19.2. The van der Waals surface area contributed by atoms with Crippen molar-refractivity contribution in [3.8, 4) is 23.0 Å². The van der Waals surface area contributed by atoms with Gasteiger partial charge in [-0.1, -0.05) is 36.4 Å². The maximum Gasteiger partial charge on any atom is 0.214 e. The van der Waals surface area contributed by atoms with E-state index in [0.29, 0.717) is 23.5 Å². The highest BCUT2D eigenvalue weighted by Crippen LogP contribution is 2.51. The van der Waals surface area contributed by atoms with E-state index in [9.17, 15) is 5.11 Å². The van der Waals surface area contributed by atoms with Crippen LogP contribution in [-0.4, -0.2) is 30.0 Å². The average molecular weight is 416 g/mol. The van der Waals surface area contributed by atoms with Gasteiger partial charge in [-0.2, -0.15) is 5.10 Å². The zero-order valence-electron chi connectivity index (χ0n) is 17.7. The molecule has 6 nitrogen and oxygen atoms in total. The number of phenolic OH excluding ortho intramolecular Hbond substituents is 1. The smallest absolute Gasteiger partial charge is 0.214 e. The Balaban J connectivity index is 1.65. The van der Waals surface area contributed by atoms with Crippen LogP contribution in [0.15, 0.2) is 65.8 Å². The molecule has 2 unspecified atom stereocenters. The highest BCUT2D eigenvalue weighted by molar-refractivity contribution is 6.04. The molecule has 0 spiro atoms. The lowest BCUT2D eigenvalue weighted by Crippen LogP contribution is -2.34. The molecule has 2 aliphatic heterocycles. The number of nitrogens with zero attached hydrogens (tertiary/aromatic N) is 2. The molecular weight excluding hydrogens is 392 g/mol. The van der Waals surface area contributed by atoms with Crippen LogP contribution < -0.4 is 14.2 Å². The standard InChI is InChI=1S/C25H24N2O4/c1-15-7-4-5-8-17(15)25-27-21(18-9-6-10-23(30-3)24(18)31-25)14-20(26-27)19-13-16(29-2)11-12-22(19)28/h4-13,21,25,28H,14H2,1-3H3. The van der Waals surface area contributed by atoms with Gasteiger partial charge in [-0.25, -0.2) is 5.01 Å². The fraction of sp³-hybridized carbons (Fsp3) is 0.240. The summed E-state index contributed by atoms with van der Waals surface area (Å²) in [5, 5.41) is 17.5. The van der Waals surface area contributed by atoms with Crippen molar-refractivity contribution in [3.63, 3.8) is 0 Å². The maximum atomic E-state index is 10.5. The van der Waals surface area contributed by atoms with Gasteiger partial charge in [0.25, 0.3) is 0 Å². The summed E-state index contributed by atoms with van der Waals surface area (Å²) >= 11 is 0. The number of aryl methyl sites for hydroxylation is 1. The van der Waals surface area contributed by atoms with Crippen molar-refractivity contribution in [1.29, 1.82) is 0 Å². The molecule has 0 bridgehead atoms. The minimum Gasteiger partial charge on any atom is -0.507 e. The van der Waals surface area contributed by atoms with Gasteiger partial charge >= 0.3 is 0 Å². The Morgan fingerprint density at radius 3 is 2.58 bits per heavy atom. The molecule has 6 heteroatoms. The van der Waals surface area contributed by atoms with Crippen LogP contribution in [0.1, 0.15) is 40.9 Å². The summed E-state index contributed by atoms with van der Waals surface area (Å²) in [6.07, 6.45) is 0.229. The first-order valence-corrected chi connectivity index (χ1v) is 10.2. The molecule has 5 rings (SSSR count). The maximum absolute atomic E-state index is 10.5. The highest BCUT2D eigenvalue weighted by atomic mass is 16.5. The average Bonchev–Trinajstić information content (AvgIpc) is 3.24. The first-order valence-electron chi connectivity index (χ1n) is 10.2. The SMILES string of the molecule is COc1ccc(O)c(C2=NN3C(C2)c2cccc(OC)c2OC3c2ccccc2C)c1. The van der Waals surface area contributed by atoms with Crippen LogP contribution >= 0.6 is 0 Å². The fourth-order valence-corrected chi connectivity index (χ4v) is 4.35. The largest absolute Gasteiger partial charge is 0.507 e. The van der Waals surface area contributed by atoms with E-state index in [1.165, 1.54) is 0 Å². The van der Waals surface area contributed by atoms with E-state index < -0.39 is 6.23 Å². The number of aromatic hydroxyl groups is 1. The second kappa shape index (κ2) is 7.54. The molecule has 2 heterocycles. The molecule has 0 radical (unpaired) electrons. The van der Waals surface area contributed by atoms with Crippen LogP contribution in [0.4, 0.5) is 0 Å². The topological polar surface area (TPSA) is 63.5 Å². The van der Waals surface area contributed by atoms with Gasteiger partial charge in [0, 0.05) is 23.1 Å². The molecule has 158 valence electrons. The van der Waals surface area contributed by atoms with Crippen molar-refractivity contribution < 1.29 is 19.3 Å². The molecule has 31 heavy (non-hydrogen) atoms. The number of ether oxygens (including phenoxy) is 3. The monoisotopic (exact) mass is 416 g/mol. The van der Waals surface area contributed by atoms with Crippen molar-refractivity contribution in [2.75, 3.05) is 14.2 Å². The minimum absolute atomic E-state index is 0.0379. The van der Waals surface area contributed by atoms with Crippen LogP contribution in [-0.2, 0) is 0 Å². The minimum atomic E-state index is -0.403. The second-order valence-electron chi connectivity index (χ2n) is 7.74. The molecule has 2 atom stereocenters.